The summed E-state index contributed by atoms with van der Waals surface area (Å²) in [5, 5.41) is 16.8. The summed E-state index contributed by atoms with van der Waals surface area (Å²) in [4.78, 5) is 43.0. The number of aromatic amines is 1. The smallest absolute Gasteiger partial charge is 0.407 e. The first kappa shape index (κ1) is 27.1. The molecule has 1 aliphatic rings. The van der Waals surface area contributed by atoms with E-state index in [2.05, 4.69) is 30.4 Å². The Morgan fingerprint density at radius 3 is 2.71 bits per heavy atom. The summed E-state index contributed by atoms with van der Waals surface area (Å²) in [6.45, 7) is 0.466. The number of hydrogen-bond acceptors (Lipinski definition) is 6. The molecule has 11 nitrogen and oxygen atoms in total. The third-order valence-corrected chi connectivity index (χ3v) is 7.63. The van der Waals surface area contributed by atoms with Gasteiger partial charge in [-0.3, -0.25) is 9.48 Å². The second-order valence-corrected chi connectivity index (χ2v) is 10.5. The van der Waals surface area contributed by atoms with E-state index < -0.39 is 17.8 Å². The highest BCUT2D eigenvalue weighted by Crippen LogP contribution is 2.33. The highest BCUT2D eigenvalue weighted by atomic mass is 19.1. The van der Waals surface area contributed by atoms with Crippen molar-refractivity contribution in [3.63, 3.8) is 0 Å². The summed E-state index contributed by atoms with van der Waals surface area (Å²) in [6, 6.07) is 14.2. The number of nitrogens with one attached hydrogen (secondary N) is 2. The van der Waals surface area contributed by atoms with Crippen LogP contribution in [-0.4, -0.2) is 64.3 Å². The number of likely N-dealkylation sites (tertiary alicyclic amines) is 1. The van der Waals surface area contributed by atoms with E-state index in [0.717, 1.165) is 11.1 Å². The molecule has 0 spiro atoms. The van der Waals surface area contributed by atoms with Gasteiger partial charge in [-0.05, 0) is 54.2 Å². The fraction of sp³-hybridized carbons (Fsp3) is 0.267. The molecule has 1 fully saturated rings. The van der Waals surface area contributed by atoms with Crippen molar-refractivity contribution in [2.75, 3.05) is 6.54 Å². The van der Waals surface area contributed by atoms with E-state index in [4.69, 9.17) is 0 Å². The largest absolute Gasteiger partial charge is 0.465 e. The van der Waals surface area contributed by atoms with Gasteiger partial charge in [0, 0.05) is 43.9 Å². The lowest BCUT2D eigenvalue weighted by molar-refractivity contribution is 0.0945. The predicted octanol–water partition coefficient (Wildman–Crippen LogP) is 4.29. The summed E-state index contributed by atoms with van der Waals surface area (Å²) >= 11 is 0. The molecule has 0 bridgehead atoms. The molecule has 3 N–H and O–H groups in total. The molecule has 2 amide bonds. The highest BCUT2D eigenvalue weighted by Gasteiger charge is 2.34. The van der Waals surface area contributed by atoms with E-state index in [1.165, 1.54) is 23.4 Å². The predicted molar refractivity (Wildman–Crippen MR) is 152 cm³/mol. The van der Waals surface area contributed by atoms with Crippen LogP contribution in [0.3, 0.4) is 0 Å². The average molecular weight is 569 g/mol. The topological polar surface area (TPSA) is 142 Å². The molecule has 2 atom stereocenters. The molecular weight excluding hydrogens is 539 g/mol. The SMILES string of the molecule is Cn1cc(-c2cc(F)cc(CNC(=O)c3ncnc4nc(C5CCN(C(=O)O)C(Cc6ccccc6)C5)[nH]c34)c2)cn1. The number of benzene rings is 2. The van der Waals surface area contributed by atoms with Gasteiger partial charge < -0.3 is 20.3 Å². The second-order valence-electron chi connectivity index (χ2n) is 10.5. The Balaban J connectivity index is 1.19. The zero-order valence-electron chi connectivity index (χ0n) is 22.9. The molecule has 3 aromatic heterocycles. The van der Waals surface area contributed by atoms with Crippen LogP contribution < -0.4 is 5.32 Å². The first-order chi connectivity index (χ1) is 20.3. The van der Waals surface area contributed by atoms with Gasteiger partial charge in [0.1, 0.15) is 23.5 Å². The van der Waals surface area contributed by atoms with Gasteiger partial charge in [-0.15, -0.1) is 0 Å². The zero-order chi connectivity index (χ0) is 29.2. The Labute approximate surface area is 240 Å². The minimum Gasteiger partial charge on any atom is -0.465 e. The number of fused-ring (bicyclic) bond motifs is 1. The van der Waals surface area contributed by atoms with Crippen molar-refractivity contribution in [1.82, 2.24) is 39.9 Å². The third kappa shape index (κ3) is 5.69. The Bertz CT molecular complexity index is 1750. The van der Waals surface area contributed by atoms with E-state index in [1.807, 2.05) is 30.3 Å². The maximum Gasteiger partial charge on any atom is 0.407 e. The summed E-state index contributed by atoms with van der Waals surface area (Å²) in [5.74, 6) is -0.262. The van der Waals surface area contributed by atoms with Crippen LogP contribution in [0.4, 0.5) is 9.18 Å². The minimum atomic E-state index is -0.935. The monoisotopic (exact) mass is 568 g/mol. The van der Waals surface area contributed by atoms with Crippen molar-refractivity contribution in [1.29, 1.82) is 0 Å². The van der Waals surface area contributed by atoms with Crippen LogP contribution in [0.5, 0.6) is 0 Å². The van der Waals surface area contributed by atoms with Crippen molar-refractivity contribution in [3.8, 4) is 11.1 Å². The molecule has 12 heteroatoms. The van der Waals surface area contributed by atoms with Crippen LogP contribution in [0.2, 0.25) is 0 Å². The standard InChI is InChI=1S/C30H29FN8O3/c1-38-16-22(15-35-38)21-9-19(10-23(31)12-21)14-32-29(40)26-25-28(34-17-33-26)37-27(36-25)20-7-8-39(30(41)42)24(13-20)11-18-5-3-2-4-6-18/h2-6,9-10,12,15-17,20,24H,7-8,11,13-14H2,1H3,(H,32,40)(H,41,42)(H,33,34,36,37). The number of H-pyrrole nitrogens is 1. The lowest BCUT2D eigenvalue weighted by atomic mass is 9.87. The Morgan fingerprint density at radius 1 is 1.12 bits per heavy atom. The third-order valence-electron chi connectivity index (χ3n) is 7.63. The van der Waals surface area contributed by atoms with Crippen molar-refractivity contribution >= 4 is 23.2 Å². The number of nitrogens with zero attached hydrogens (tertiary/aromatic N) is 6. The van der Waals surface area contributed by atoms with Gasteiger partial charge in [0.25, 0.3) is 5.91 Å². The quantitative estimate of drug-likeness (QED) is 0.266. The first-order valence-electron chi connectivity index (χ1n) is 13.6. The van der Waals surface area contributed by atoms with Gasteiger partial charge in [0.15, 0.2) is 11.3 Å². The number of aryl methyl sites for hydroxylation is 1. The van der Waals surface area contributed by atoms with Crippen LogP contribution in [-0.2, 0) is 20.0 Å². The van der Waals surface area contributed by atoms with Crippen molar-refractivity contribution in [2.45, 2.75) is 37.8 Å². The number of carboxylic acid groups (broad SMARTS) is 1. The minimum absolute atomic E-state index is 0.0439. The summed E-state index contributed by atoms with van der Waals surface area (Å²) in [6.07, 6.45) is 5.56. The van der Waals surface area contributed by atoms with Crippen LogP contribution in [0.15, 0.2) is 67.3 Å². The number of hydrogen-bond donors (Lipinski definition) is 3. The number of aromatic nitrogens is 6. The van der Waals surface area contributed by atoms with Gasteiger partial charge >= 0.3 is 6.09 Å². The van der Waals surface area contributed by atoms with Gasteiger partial charge in [0.05, 0.1) is 6.20 Å². The van der Waals surface area contributed by atoms with Crippen molar-refractivity contribution < 1.29 is 19.1 Å². The number of carbonyl (C=O) groups excluding carboxylic acids is 1. The molecule has 0 saturated carbocycles. The van der Waals surface area contributed by atoms with E-state index in [0.29, 0.717) is 53.9 Å². The highest BCUT2D eigenvalue weighted by molar-refractivity contribution is 6.02. The Hall–Kier alpha value is -5.13. The van der Waals surface area contributed by atoms with Crippen LogP contribution in [0.25, 0.3) is 22.3 Å². The second kappa shape index (κ2) is 11.4. The Kier molecular flexibility index (Phi) is 7.34. The van der Waals surface area contributed by atoms with Gasteiger partial charge in [0.2, 0.25) is 0 Å². The van der Waals surface area contributed by atoms with E-state index in [-0.39, 0.29) is 24.2 Å². The number of carbonyl (C=O) groups is 2. The number of piperidine rings is 1. The lowest BCUT2D eigenvalue weighted by Gasteiger charge is -2.37. The number of rotatable bonds is 7. The van der Waals surface area contributed by atoms with Crippen molar-refractivity contribution in [2.24, 2.45) is 7.05 Å². The molecule has 4 heterocycles. The van der Waals surface area contributed by atoms with Crippen LogP contribution >= 0.6 is 0 Å². The molecule has 5 aromatic rings. The molecule has 42 heavy (non-hydrogen) atoms. The molecule has 1 aliphatic heterocycles. The Morgan fingerprint density at radius 2 is 1.95 bits per heavy atom. The van der Waals surface area contributed by atoms with Crippen LogP contribution in [0, 0.1) is 5.82 Å². The maximum absolute atomic E-state index is 14.4. The zero-order valence-corrected chi connectivity index (χ0v) is 22.9. The molecule has 2 aromatic carbocycles. The van der Waals surface area contributed by atoms with E-state index >= 15 is 0 Å². The fourth-order valence-electron chi connectivity index (χ4n) is 5.60. The molecular formula is C30H29FN8O3. The summed E-state index contributed by atoms with van der Waals surface area (Å²) in [5.41, 5.74) is 3.98. The molecule has 2 unspecified atom stereocenters. The average Bonchev–Trinajstić information content (AvgIpc) is 3.62. The van der Waals surface area contributed by atoms with Gasteiger partial charge in [-0.25, -0.2) is 24.1 Å². The van der Waals surface area contributed by atoms with E-state index in [1.54, 1.807) is 30.2 Å². The molecule has 0 aliphatic carbocycles. The summed E-state index contributed by atoms with van der Waals surface area (Å²) < 4.78 is 16.0. The molecule has 0 radical (unpaired) electrons. The lowest BCUT2D eigenvalue weighted by Crippen LogP contribution is -2.46. The van der Waals surface area contributed by atoms with Crippen LogP contribution in [0.1, 0.15) is 46.2 Å². The normalized spacial score (nSPS) is 17.0. The molecule has 6 rings (SSSR count). The summed E-state index contributed by atoms with van der Waals surface area (Å²) in [7, 11) is 1.79. The first-order valence-corrected chi connectivity index (χ1v) is 13.6. The van der Waals surface area contributed by atoms with Crippen molar-refractivity contribution in [3.05, 3.63) is 95.7 Å². The molecule has 214 valence electrons. The molecule has 1 saturated heterocycles. The fourth-order valence-corrected chi connectivity index (χ4v) is 5.60. The van der Waals surface area contributed by atoms with Gasteiger partial charge in [-0.1, -0.05) is 30.3 Å². The van der Waals surface area contributed by atoms with E-state index in [9.17, 15) is 19.1 Å². The number of imidazole rings is 1. The number of amides is 2. The number of halogens is 1. The van der Waals surface area contributed by atoms with Gasteiger partial charge in [-0.2, -0.15) is 5.10 Å². The maximum atomic E-state index is 14.4.